The Labute approximate surface area is 90.1 Å². The highest BCUT2D eigenvalue weighted by atomic mass is 16.5. The maximum absolute atomic E-state index is 5.58. The van der Waals surface area contributed by atoms with Gasteiger partial charge in [0.1, 0.15) is 17.3 Å². The lowest BCUT2D eigenvalue weighted by Crippen LogP contribution is -2.19. The van der Waals surface area contributed by atoms with E-state index in [1.807, 2.05) is 20.9 Å². The molecule has 0 amide bonds. The molecule has 1 atom stereocenters. The Bertz CT molecular complexity index is 379. The van der Waals surface area contributed by atoms with Gasteiger partial charge in [-0.2, -0.15) is 0 Å². The van der Waals surface area contributed by atoms with Gasteiger partial charge in [-0.1, -0.05) is 0 Å². The molecule has 1 aliphatic heterocycles. The van der Waals surface area contributed by atoms with Crippen LogP contribution in [0.3, 0.4) is 0 Å². The standard InChI is InChI=1S/C12H17NO2/c1-8-7-10(9(2)15-8)12(13-3)11-5-4-6-14-11/h5,7,12-13H,4,6H2,1-3H3. The second-order valence-corrected chi connectivity index (χ2v) is 3.83. The maximum atomic E-state index is 5.58. The second-order valence-electron chi connectivity index (χ2n) is 3.83. The molecule has 0 radical (unpaired) electrons. The van der Waals surface area contributed by atoms with Crippen molar-refractivity contribution in [3.8, 4) is 0 Å². The first kappa shape index (κ1) is 10.3. The zero-order valence-corrected chi connectivity index (χ0v) is 9.46. The van der Waals surface area contributed by atoms with Gasteiger partial charge in [-0.3, -0.25) is 0 Å². The van der Waals surface area contributed by atoms with Crippen LogP contribution in [0.25, 0.3) is 0 Å². The fourth-order valence-corrected chi connectivity index (χ4v) is 2.03. The molecule has 0 saturated carbocycles. The summed E-state index contributed by atoms with van der Waals surface area (Å²) in [5, 5.41) is 3.26. The van der Waals surface area contributed by atoms with Gasteiger partial charge in [-0.15, -0.1) is 0 Å². The number of nitrogens with one attached hydrogen (secondary N) is 1. The van der Waals surface area contributed by atoms with Crippen LogP contribution in [-0.4, -0.2) is 13.7 Å². The van der Waals surface area contributed by atoms with E-state index in [9.17, 15) is 0 Å². The van der Waals surface area contributed by atoms with Crippen LogP contribution in [-0.2, 0) is 4.74 Å². The number of hydrogen-bond acceptors (Lipinski definition) is 3. The van der Waals surface area contributed by atoms with E-state index in [4.69, 9.17) is 9.15 Å². The van der Waals surface area contributed by atoms with Crippen molar-refractivity contribution in [1.29, 1.82) is 0 Å². The smallest absolute Gasteiger partial charge is 0.114 e. The Hall–Kier alpha value is -1.22. The lowest BCUT2D eigenvalue weighted by atomic mass is 10.1. The predicted molar refractivity (Wildman–Crippen MR) is 58.6 cm³/mol. The summed E-state index contributed by atoms with van der Waals surface area (Å²) in [6.07, 6.45) is 3.15. The highest BCUT2D eigenvalue weighted by molar-refractivity contribution is 5.30. The molecule has 1 aromatic rings. The number of likely N-dealkylation sites (N-methyl/N-ethyl adjacent to an activating group) is 1. The van der Waals surface area contributed by atoms with Crippen molar-refractivity contribution in [2.75, 3.05) is 13.7 Å². The minimum atomic E-state index is 0.130. The van der Waals surface area contributed by atoms with Crippen LogP contribution in [0, 0.1) is 13.8 Å². The van der Waals surface area contributed by atoms with Gasteiger partial charge >= 0.3 is 0 Å². The highest BCUT2D eigenvalue weighted by Gasteiger charge is 2.22. The van der Waals surface area contributed by atoms with Crippen LogP contribution in [0.2, 0.25) is 0 Å². The molecule has 3 nitrogen and oxygen atoms in total. The van der Waals surface area contributed by atoms with E-state index >= 15 is 0 Å². The van der Waals surface area contributed by atoms with Crippen molar-refractivity contribution < 1.29 is 9.15 Å². The Morgan fingerprint density at radius 1 is 1.40 bits per heavy atom. The van der Waals surface area contributed by atoms with Gasteiger partial charge in [0.05, 0.1) is 12.6 Å². The monoisotopic (exact) mass is 207 g/mol. The van der Waals surface area contributed by atoms with E-state index in [1.165, 1.54) is 5.56 Å². The quantitative estimate of drug-likeness (QED) is 0.826. The Kier molecular flexibility index (Phi) is 2.82. The molecule has 82 valence electrons. The fourth-order valence-electron chi connectivity index (χ4n) is 2.03. The molecule has 1 aliphatic rings. The summed E-state index contributed by atoms with van der Waals surface area (Å²) in [5.41, 5.74) is 1.17. The van der Waals surface area contributed by atoms with E-state index < -0.39 is 0 Å². The SMILES string of the molecule is CNC(C1=CCCO1)c1cc(C)oc1C. The molecule has 15 heavy (non-hydrogen) atoms. The van der Waals surface area contributed by atoms with Crippen LogP contribution in [0.4, 0.5) is 0 Å². The molecule has 1 N–H and O–H groups in total. The first-order chi connectivity index (χ1) is 7.22. The molecule has 0 aromatic carbocycles. The van der Waals surface area contributed by atoms with Gasteiger partial charge in [0.15, 0.2) is 0 Å². The normalized spacial score (nSPS) is 17.4. The molecule has 0 aliphatic carbocycles. The molecule has 1 aromatic heterocycles. The molecular formula is C12H17NO2. The zero-order valence-electron chi connectivity index (χ0n) is 9.46. The maximum Gasteiger partial charge on any atom is 0.114 e. The number of hydrogen-bond donors (Lipinski definition) is 1. The van der Waals surface area contributed by atoms with Gasteiger partial charge in [0.2, 0.25) is 0 Å². The van der Waals surface area contributed by atoms with E-state index in [0.717, 1.165) is 30.3 Å². The van der Waals surface area contributed by atoms with Gasteiger partial charge in [-0.25, -0.2) is 0 Å². The third-order valence-corrected chi connectivity index (χ3v) is 2.70. The van der Waals surface area contributed by atoms with Crippen LogP contribution in [0.1, 0.15) is 29.5 Å². The summed E-state index contributed by atoms with van der Waals surface area (Å²) in [7, 11) is 1.94. The van der Waals surface area contributed by atoms with Crippen molar-refractivity contribution in [3.63, 3.8) is 0 Å². The van der Waals surface area contributed by atoms with Gasteiger partial charge < -0.3 is 14.5 Å². The van der Waals surface area contributed by atoms with E-state index in [1.54, 1.807) is 0 Å². The fraction of sp³-hybridized carbons (Fsp3) is 0.500. The van der Waals surface area contributed by atoms with E-state index in [0.29, 0.717) is 0 Å². The molecule has 0 bridgehead atoms. The van der Waals surface area contributed by atoms with Crippen molar-refractivity contribution >= 4 is 0 Å². The van der Waals surface area contributed by atoms with Crippen molar-refractivity contribution in [2.45, 2.75) is 26.3 Å². The number of ether oxygens (including phenoxy) is 1. The first-order valence-electron chi connectivity index (χ1n) is 5.29. The molecular weight excluding hydrogens is 190 g/mol. The van der Waals surface area contributed by atoms with Gasteiger partial charge in [0.25, 0.3) is 0 Å². The summed E-state index contributed by atoms with van der Waals surface area (Å²) in [4.78, 5) is 0. The van der Waals surface area contributed by atoms with Crippen LogP contribution in [0.15, 0.2) is 22.3 Å². The molecule has 3 heteroatoms. The predicted octanol–water partition coefficient (Wildman–Crippen LogP) is 2.46. The average molecular weight is 207 g/mol. The third kappa shape index (κ3) is 1.92. The minimum Gasteiger partial charge on any atom is -0.496 e. The third-order valence-electron chi connectivity index (χ3n) is 2.70. The van der Waals surface area contributed by atoms with Crippen molar-refractivity contribution in [2.24, 2.45) is 0 Å². The van der Waals surface area contributed by atoms with Crippen molar-refractivity contribution in [3.05, 3.63) is 35.0 Å². The topological polar surface area (TPSA) is 34.4 Å². The average Bonchev–Trinajstić information content (AvgIpc) is 2.79. The Morgan fingerprint density at radius 3 is 2.67 bits per heavy atom. The molecule has 2 rings (SSSR count). The Balaban J connectivity index is 2.29. The van der Waals surface area contributed by atoms with Gasteiger partial charge in [-0.05, 0) is 33.0 Å². The lowest BCUT2D eigenvalue weighted by molar-refractivity contribution is 0.217. The molecule has 0 fully saturated rings. The number of aryl methyl sites for hydroxylation is 2. The summed E-state index contributed by atoms with van der Waals surface area (Å²) in [6.45, 7) is 4.75. The summed E-state index contributed by atoms with van der Waals surface area (Å²) in [6, 6.07) is 2.20. The highest BCUT2D eigenvalue weighted by Crippen LogP contribution is 2.29. The van der Waals surface area contributed by atoms with E-state index in [-0.39, 0.29) is 6.04 Å². The zero-order chi connectivity index (χ0) is 10.8. The number of rotatable bonds is 3. The molecule has 2 heterocycles. The van der Waals surface area contributed by atoms with Crippen LogP contribution >= 0.6 is 0 Å². The summed E-state index contributed by atoms with van der Waals surface area (Å²) < 4.78 is 11.1. The van der Waals surface area contributed by atoms with Crippen LogP contribution in [0.5, 0.6) is 0 Å². The summed E-state index contributed by atoms with van der Waals surface area (Å²) in [5.74, 6) is 2.92. The molecule has 0 saturated heterocycles. The van der Waals surface area contributed by atoms with E-state index in [2.05, 4.69) is 17.5 Å². The Morgan fingerprint density at radius 2 is 2.20 bits per heavy atom. The minimum absolute atomic E-state index is 0.130. The van der Waals surface area contributed by atoms with Gasteiger partial charge in [0, 0.05) is 12.0 Å². The lowest BCUT2D eigenvalue weighted by Gasteiger charge is -2.16. The summed E-state index contributed by atoms with van der Waals surface area (Å²) >= 11 is 0. The second kappa shape index (κ2) is 4.11. The number of furan rings is 1. The van der Waals surface area contributed by atoms with Crippen molar-refractivity contribution in [1.82, 2.24) is 5.32 Å². The first-order valence-corrected chi connectivity index (χ1v) is 5.29. The molecule has 1 unspecified atom stereocenters. The van der Waals surface area contributed by atoms with Crippen LogP contribution < -0.4 is 5.32 Å². The molecule has 0 spiro atoms. The largest absolute Gasteiger partial charge is 0.496 e.